The van der Waals surface area contributed by atoms with Gasteiger partial charge in [0.05, 0.1) is 0 Å². The van der Waals surface area contributed by atoms with Crippen LogP contribution in [0, 0.1) is 62.3 Å². The third-order valence-corrected chi connectivity index (χ3v) is 19.9. The summed E-state index contributed by atoms with van der Waals surface area (Å²) in [7, 11) is 0. The average Bonchev–Trinajstić information content (AvgIpc) is 0.708. The van der Waals surface area contributed by atoms with Gasteiger partial charge in [-0.1, -0.05) is 150 Å². The molecule has 0 spiro atoms. The van der Waals surface area contributed by atoms with Crippen molar-refractivity contribution < 1.29 is 23.7 Å². The van der Waals surface area contributed by atoms with Gasteiger partial charge in [-0.3, -0.25) is 0 Å². The number of hydrogen-bond acceptors (Lipinski definition) is 6. The molecule has 0 fully saturated rings. The molecule has 0 bridgehead atoms. The number of ether oxygens (including phenoxy) is 5. The molecule has 0 aromatic heterocycles. The van der Waals surface area contributed by atoms with Crippen molar-refractivity contribution in [2.24, 2.45) is 0 Å². The largest absolute Gasteiger partial charge is 0.458 e. The van der Waals surface area contributed by atoms with Crippen molar-refractivity contribution in [1.29, 1.82) is 0 Å². The maximum Gasteiger partial charge on any atom is 0.260 e. The van der Waals surface area contributed by atoms with Gasteiger partial charge in [-0.15, -0.1) is 0 Å². The quantitative estimate of drug-likeness (QED) is 0.173. The molecule has 6 aliphatic heterocycles. The number of fused-ring (bicyclic) bond motifs is 12. The highest BCUT2D eigenvalue weighted by molar-refractivity contribution is 7.03. The lowest BCUT2D eigenvalue weighted by Gasteiger charge is -2.39. The van der Waals surface area contributed by atoms with Gasteiger partial charge in [-0.25, -0.2) is 0 Å². The summed E-state index contributed by atoms with van der Waals surface area (Å²) in [6.07, 6.45) is 0. The van der Waals surface area contributed by atoms with Crippen molar-refractivity contribution in [1.82, 2.24) is 0 Å². The van der Waals surface area contributed by atoms with Crippen molar-refractivity contribution in [2.45, 2.75) is 62.3 Å². The second-order valence-corrected chi connectivity index (χ2v) is 26.1. The SMILES string of the molecule is Cc1cc(C)c(-c2cc3c4c(c2)Oc2cc5c(cc2B4c2cc4c(cc2N3)Oc2cc(-c3c(C)cc(C)cc3C)cc3c2B4c2ccc(-c4ccccc4)cc2O3)B2c3ccc(-c4ccccc4)cc3Oc3cc(-c4c(C)cc(C)cc4C)cc(c32)O5)c(C)c1. The van der Waals surface area contributed by atoms with Gasteiger partial charge in [0.2, 0.25) is 0 Å². The van der Waals surface area contributed by atoms with E-state index in [1.807, 2.05) is 0 Å². The first-order valence-corrected chi connectivity index (χ1v) is 31.4. The molecule has 428 valence electrons. The van der Waals surface area contributed by atoms with Gasteiger partial charge in [-0.05, 0) is 238 Å². The minimum absolute atomic E-state index is 0.203. The van der Waals surface area contributed by atoms with Gasteiger partial charge in [0, 0.05) is 34.4 Å². The molecule has 90 heavy (non-hydrogen) atoms. The van der Waals surface area contributed by atoms with Crippen LogP contribution in [0.3, 0.4) is 0 Å². The Balaban J connectivity index is 0.857. The molecule has 0 saturated heterocycles. The Morgan fingerprint density at radius 2 is 0.556 bits per heavy atom. The number of hydrogen-bond donors (Lipinski definition) is 1. The highest BCUT2D eigenvalue weighted by atomic mass is 16.5. The normalized spacial score (nSPS) is 13.4. The molecule has 0 radical (unpaired) electrons. The summed E-state index contributed by atoms with van der Waals surface area (Å²) in [5, 5.41) is 4.05. The van der Waals surface area contributed by atoms with E-state index >= 15 is 0 Å². The molecule has 0 unspecified atom stereocenters. The van der Waals surface area contributed by atoms with E-state index in [0.717, 1.165) is 157 Å². The van der Waals surface area contributed by atoms with Crippen LogP contribution in [0.1, 0.15) is 50.1 Å². The molecule has 12 aromatic carbocycles. The fraction of sp³-hybridized carbons (Fsp3) is 0.111. The summed E-state index contributed by atoms with van der Waals surface area (Å²) in [4.78, 5) is 0. The van der Waals surface area contributed by atoms with E-state index in [1.165, 1.54) is 66.8 Å². The molecular formula is C81H60B3NO5. The van der Waals surface area contributed by atoms with Crippen LogP contribution in [0.25, 0.3) is 55.6 Å². The second-order valence-electron chi connectivity index (χ2n) is 26.1. The van der Waals surface area contributed by atoms with E-state index in [-0.39, 0.29) is 20.1 Å². The van der Waals surface area contributed by atoms with Crippen molar-refractivity contribution in [3.05, 3.63) is 244 Å². The van der Waals surface area contributed by atoms with E-state index < -0.39 is 0 Å². The van der Waals surface area contributed by atoms with Gasteiger partial charge in [0.1, 0.15) is 57.5 Å². The number of benzene rings is 12. The zero-order chi connectivity index (χ0) is 60.7. The highest BCUT2D eigenvalue weighted by Crippen LogP contribution is 2.47. The molecule has 0 aliphatic carbocycles. The van der Waals surface area contributed by atoms with E-state index in [0.29, 0.717) is 0 Å². The van der Waals surface area contributed by atoms with Crippen molar-refractivity contribution in [2.75, 3.05) is 5.32 Å². The fourth-order valence-electron chi connectivity index (χ4n) is 16.6. The summed E-state index contributed by atoms with van der Waals surface area (Å²) >= 11 is 0. The van der Waals surface area contributed by atoms with Crippen LogP contribution in [0.5, 0.6) is 57.5 Å². The van der Waals surface area contributed by atoms with Crippen LogP contribution in [-0.2, 0) is 0 Å². The molecule has 6 nitrogen and oxygen atoms in total. The van der Waals surface area contributed by atoms with E-state index in [4.69, 9.17) is 23.7 Å². The Labute approximate surface area is 526 Å². The van der Waals surface area contributed by atoms with E-state index in [9.17, 15) is 0 Å². The minimum atomic E-state index is -0.258. The number of rotatable bonds is 5. The molecule has 6 heterocycles. The van der Waals surface area contributed by atoms with Crippen molar-refractivity contribution in [3.8, 4) is 113 Å². The average molecular weight is 1160 g/mol. The maximum absolute atomic E-state index is 7.44. The Morgan fingerprint density at radius 1 is 0.233 bits per heavy atom. The van der Waals surface area contributed by atoms with Gasteiger partial charge in [0.15, 0.2) is 0 Å². The summed E-state index contributed by atoms with van der Waals surface area (Å²) in [5.41, 5.74) is 33.9. The Bertz CT molecular complexity index is 4850. The predicted molar refractivity (Wildman–Crippen MR) is 373 cm³/mol. The zero-order valence-electron chi connectivity index (χ0n) is 51.7. The first kappa shape index (κ1) is 52.7. The predicted octanol–water partition coefficient (Wildman–Crippen LogP) is 14.9. The third-order valence-electron chi connectivity index (χ3n) is 19.9. The van der Waals surface area contributed by atoms with Crippen LogP contribution in [0.2, 0.25) is 0 Å². The summed E-state index contributed by atoms with van der Waals surface area (Å²) in [5.74, 6) is 8.01. The Kier molecular flexibility index (Phi) is 11.3. The Hall–Kier alpha value is -10.4. The monoisotopic (exact) mass is 1160 g/mol. The van der Waals surface area contributed by atoms with Crippen molar-refractivity contribution >= 4 is 80.7 Å². The van der Waals surface area contributed by atoms with Crippen LogP contribution in [0.4, 0.5) is 11.4 Å². The topological polar surface area (TPSA) is 58.2 Å². The first-order chi connectivity index (χ1) is 43.7. The van der Waals surface area contributed by atoms with Crippen LogP contribution in [0.15, 0.2) is 194 Å². The van der Waals surface area contributed by atoms with Crippen LogP contribution < -0.4 is 78.2 Å². The molecule has 0 saturated carbocycles. The highest BCUT2D eigenvalue weighted by Gasteiger charge is 2.48. The van der Waals surface area contributed by atoms with Gasteiger partial charge < -0.3 is 29.0 Å². The van der Waals surface area contributed by atoms with Crippen LogP contribution >= 0.6 is 0 Å². The maximum atomic E-state index is 7.44. The molecule has 18 rings (SSSR count). The zero-order valence-corrected chi connectivity index (χ0v) is 51.7. The lowest BCUT2D eigenvalue weighted by atomic mass is 9.30. The molecule has 0 amide bonds. The standard InChI is InChI=1S/C81H60B3NO5/c1-42-24-45(4)76(46(5)25-42)55-30-65-79-71(33-55)89-70-41-69-62(83-59-23-21-54(52-18-14-11-15-19-52)32-67(59)87-73-35-57(37-75(90-69)81(73)83)78-49(8)28-44(3)29-50(78)9)39-63(70)84(79)60-38-61-68(40-64(60)85-65)88-74-36-56(77-47(6)26-43(2)27-48(77)7)34-72-80(74)82(61)58-22-20-53(31-66(58)86-72)51-16-12-10-13-17-51/h10-41,85H,1-9H3. The number of anilines is 2. The lowest BCUT2D eigenvalue weighted by molar-refractivity contribution is 0.456. The smallest absolute Gasteiger partial charge is 0.260 e. The number of nitrogens with one attached hydrogen (secondary N) is 1. The summed E-state index contributed by atoms with van der Waals surface area (Å²) in [6.45, 7) is 19.1. The minimum Gasteiger partial charge on any atom is -0.458 e. The molecule has 1 N–H and O–H groups in total. The second kappa shape index (κ2) is 19.3. The molecule has 0 atom stereocenters. The summed E-state index contributed by atoms with van der Waals surface area (Å²) in [6, 6.07) is 71.1. The van der Waals surface area contributed by atoms with Crippen molar-refractivity contribution in [3.63, 3.8) is 0 Å². The fourth-order valence-corrected chi connectivity index (χ4v) is 16.6. The van der Waals surface area contributed by atoms with Gasteiger partial charge in [0.25, 0.3) is 20.1 Å². The number of aryl methyl sites for hydroxylation is 9. The van der Waals surface area contributed by atoms with Crippen LogP contribution in [-0.4, -0.2) is 20.1 Å². The molecule has 6 aliphatic rings. The van der Waals surface area contributed by atoms with Gasteiger partial charge >= 0.3 is 0 Å². The van der Waals surface area contributed by atoms with E-state index in [2.05, 4.69) is 262 Å². The first-order valence-electron chi connectivity index (χ1n) is 31.4. The van der Waals surface area contributed by atoms with E-state index in [1.54, 1.807) is 0 Å². The lowest BCUT2D eigenvalue weighted by Crippen LogP contribution is -2.63. The summed E-state index contributed by atoms with van der Waals surface area (Å²) < 4.78 is 36.5. The molecule has 12 aromatic rings. The molecule has 9 heteroatoms. The third kappa shape index (κ3) is 7.94. The molecular weight excluding hydrogens is 1100 g/mol. The van der Waals surface area contributed by atoms with Gasteiger partial charge in [-0.2, -0.15) is 0 Å². The Morgan fingerprint density at radius 3 is 0.956 bits per heavy atom.